The van der Waals surface area contributed by atoms with Crippen LogP contribution in [0, 0.1) is 5.82 Å². The molecule has 0 fully saturated rings. The molecule has 0 saturated carbocycles. The van der Waals surface area contributed by atoms with Gasteiger partial charge in [-0.1, -0.05) is 12.1 Å². The molecule has 146 valence electrons. The summed E-state index contributed by atoms with van der Waals surface area (Å²) < 4.78 is 21.3. The molecule has 4 rings (SSSR count). The Bertz CT molecular complexity index is 1180. The molecule has 1 aromatic carbocycles. The standard InChI is InChI=1S/C19H14BrFN6O2/c20-14-8-13(10-22-11-14)19(28)23-6-7-29-17-5-4-16-24-25-18(27(16)26-17)12-2-1-3-15(21)9-12/h1-5,8-11H,6-7H2,(H,23,28). The van der Waals surface area contributed by atoms with Crippen LogP contribution in [-0.4, -0.2) is 43.9 Å². The lowest BCUT2D eigenvalue weighted by Crippen LogP contribution is -2.28. The quantitative estimate of drug-likeness (QED) is 0.448. The molecule has 10 heteroatoms. The van der Waals surface area contributed by atoms with Crippen LogP contribution in [0.15, 0.2) is 59.3 Å². The van der Waals surface area contributed by atoms with Crippen molar-refractivity contribution < 1.29 is 13.9 Å². The van der Waals surface area contributed by atoms with E-state index in [4.69, 9.17) is 4.74 Å². The maximum atomic E-state index is 13.5. The fraction of sp³-hybridized carbons (Fsp3) is 0.105. The van der Waals surface area contributed by atoms with Crippen molar-refractivity contribution in [2.45, 2.75) is 0 Å². The zero-order valence-electron chi connectivity index (χ0n) is 14.9. The fourth-order valence-electron chi connectivity index (χ4n) is 2.61. The number of pyridine rings is 1. The highest BCUT2D eigenvalue weighted by atomic mass is 79.9. The first-order valence-electron chi connectivity index (χ1n) is 8.60. The lowest BCUT2D eigenvalue weighted by molar-refractivity contribution is 0.0946. The number of carbonyl (C=O) groups excluding carboxylic acids is 1. The Labute approximate surface area is 172 Å². The third kappa shape index (κ3) is 4.37. The van der Waals surface area contributed by atoms with Crippen LogP contribution in [0.4, 0.5) is 4.39 Å². The van der Waals surface area contributed by atoms with Gasteiger partial charge in [-0.05, 0) is 40.2 Å². The molecule has 0 bridgehead atoms. The number of nitrogens with one attached hydrogen (secondary N) is 1. The first kappa shape index (κ1) is 18.9. The summed E-state index contributed by atoms with van der Waals surface area (Å²) in [5.74, 6) is 0.106. The normalized spacial score (nSPS) is 10.8. The second-order valence-corrected chi connectivity index (χ2v) is 6.89. The van der Waals surface area contributed by atoms with Gasteiger partial charge in [-0.15, -0.1) is 15.3 Å². The van der Waals surface area contributed by atoms with Crippen molar-refractivity contribution in [1.82, 2.24) is 30.1 Å². The van der Waals surface area contributed by atoms with E-state index in [1.807, 2.05) is 0 Å². The molecular weight excluding hydrogens is 443 g/mol. The first-order chi connectivity index (χ1) is 14.1. The summed E-state index contributed by atoms with van der Waals surface area (Å²) in [6, 6.07) is 11.1. The number of aromatic nitrogens is 5. The van der Waals surface area contributed by atoms with Crippen molar-refractivity contribution in [3.05, 3.63) is 70.7 Å². The van der Waals surface area contributed by atoms with Crippen molar-refractivity contribution in [2.75, 3.05) is 13.2 Å². The average Bonchev–Trinajstić information content (AvgIpc) is 3.14. The summed E-state index contributed by atoms with van der Waals surface area (Å²) in [6.07, 6.45) is 3.08. The number of fused-ring (bicyclic) bond motifs is 1. The predicted octanol–water partition coefficient (Wildman–Crippen LogP) is 2.90. The van der Waals surface area contributed by atoms with E-state index in [2.05, 4.69) is 41.5 Å². The van der Waals surface area contributed by atoms with Crippen LogP contribution < -0.4 is 10.1 Å². The molecule has 3 aromatic heterocycles. The monoisotopic (exact) mass is 456 g/mol. The van der Waals surface area contributed by atoms with Crippen LogP contribution in [0.2, 0.25) is 0 Å². The van der Waals surface area contributed by atoms with Crippen molar-refractivity contribution in [1.29, 1.82) is 0 Å². The van der Waals surface area contributed by atoms with Gasteiger partial charge in [0.05, 0.1) is 12.1 Å². The molecule has 29 heavy (non-hydrogen) atoms. The number of amides is 1. The van der Waals surface area contributed by atoms with Crippen molar-refractivity contribution in [2.24, 2.45) is 0 Å². The van der Waals surface area contributed by atoms with Gasteiger partial charge in [0.15, 0.2) is 11.5 Å². The number of ether oxygens (including phenoxy) is 1. The number of benzene rings is 1. The van der Waals surface area contributed by atoms with Crippen LogP contribution in [-0.2, 0) is 0 Å². The molecular formula is C19H14BrFN6O2. The second kappa shape index (κ2) is 8.31. The Morgan fingerprint density at radius 3 is 2.90 bits per heavy atom. The van der Waals surface area contributed by atoms with Crippen molar-refractivity contribution in [3.63, 3.8) is 0 Å². The average molecular weight is 457 g/mol. The number of carbonyl (C=O) groups is 1. The van der Waals surface area contributed by atoms with Gasteiger partial charge in [0, 0.05) is 28.5 Å². The highest BCUT2D eigenvalue weighted by Gasteiger charge is 2.11. The van der Waals surface area contributed by atoms with Crippen LogP contribution in [0.25, 0.3) is 17.0 Å². The molecule has 1 N–H and O–H groups in total. The number of nitrogens with zero attached hydrogens (tertiary/aromatic N) is 5. The summed E-state index contributed by atoms with van der Waals surface area (Å²) >= 11 is 3.28. The van der Waals surface area contributed by atoms with E-state index in [-0.39, 0.29) is 24.9 Å². The van der Waals surface area contributed by atoms with E-state index in [0.29, 0.717) is 28.5 Å². The Kier molecular flexibility index (Phi) is 5.43. The van der Waals surface area contributed by atoms with Gasteiger partial charge in [-0.2, -0.15) is 4.52 Å². The molecule has 4 aromatic rings. The Morgan fingerprint density at radius 2 is 2.07 bits per heavy atom. The fourth-order valence-corrected chi connectivity index (χ4v) is 2.98. The van der Waals surface area contributed by atoms with Crippen LogP contribution in [0.5, 0.6) is 5.88 Å². The van der Waals surface area contributed by atoms with Gasteiger partial charge in [0.25, 0.3) is 5.91 Å². The van der Waals surface area contributed by atoms with E-state index >= 15 is 0 Å². The lowest BCUT2D eigenvalue weighted by Gasteiger charge is -2.08. The second-order valence-electron chi connectivity index (χ2n) is 5.97. The SMILES string of the molecule is O=C(NCCOc1ccc2nnc(-c3cccc(F)c3)n2n1)c1cncc(Br)c1. The molecule has 0 saturated heterocycles. The predicted molar refractivity (Wildman–Crippen MR) is 106 cm³/mol. The van der Waals surface area contributed by atoms with Gasteiger partial charge >= 0.3 is 0 Å². The smallest absolute Gasteiger partial charge is 0.253 e. The number of hydrogen-bond donors (Lipinski definition) is 1. The molecule has 0 radical (unpaired) electrons. The third-order valence-corrected chi connectivity index (χ3v) is 4.36. The molecule has 0 unspecified atom stereocenters. The molecule has 0 aliphatic carbocycles. The van der Waals surface area contributed by atoms with Crippen molar-refractivity contribution in [3.8, 4) is 17.3 Å². The highest BCUT2D eigenvalue weighted by molar-refractivity contribution is 9.10. The summed E-state index contributed by atoms with van der Waals surface area (Å²) in [4.78, 5) is 16.0. The summed E-state index contributed by atoms with van der Waals surface area (Å²) in [5.41, 5.74) is 1.51. The molecule has 8 nitrogen and oxygen atoms in total. The van der Waals surface area contributed by atoms with E-state index in [1.165, 1.54) is 22.8 Å². The molecule has 0 atom stereocenters. The molecule has 3 heterocycles. The molecule has 1 amide bonds. The lowest BCUT2D eigenvalue weighted by atomic mass is 10.2. The van der Waals surface area contributed by atoms with Gasteiger partial charge in [-0.25, -0.2) is 4.39 Å². The van der Waals surface area contributed by atoms with E-state index in [1.54, 1.807) is 36.5 Å². The number of halogens is 2. The van der Waals surface area contributed by atoms with Gasteiger partial charge in [0.2, 0.25) is 5.88 Å². The van der Waals surface area contributed by atoms with Gasteiger partial charge in [-0.3, -0.25) is 9.78 Å². The Morgan fingerprint density at radius 1 is 1.17 bits per heavy atom. The number of hydrogen-bond acceptors (Lipinski definition) is 6. The van der Waals surface area contributed by atoms with Gasteiger partial charge < -0.3 is 10.1 Å². The third-order valence-electron chi connectivity index (χ3n) is 3.93. The largest absolute Gasteiger partial charge is 0.475 e. The first-order valence-corrected chi connectivity index (χ1v) is 9.39. The Balaban J connectivity index is 1.41. The minimum absolute atomic E-state index is 0.211. The van der Waals surface area contributed by atoms with E-state index < -0.39 is 0 Å². The maximum Gasteiger partial charge on any atom is 0.253 e. The van der Waals surface area contributed by atoms with Crippen LogP contribution in [0.1, 0.15) is 10.4 Å². The summed E-state index contributed by atoms with van der Waals surface area (Å²) in [6.45, 7) is 0.493. The zero-order valence-corrected chi connectivity index (χ0v) is 16.5. The zero-order chi connectivity index (χ0) is 20.2. The Hall–Kier alpha value is -3.40. The van der Waals surface area contributed by atoms with Crippen LogP contribution >= 0.6 is 15.9 Å². The summed E-state index contributed by atoms with van der Waals surface area (Å²) in [7, 11) is 0. The van der Waals surface area contributed by atoms with Crippen molar-refractivity contribution >= 4 is 27.5 Å². The van der Waals surface area contributed by atoms with Gasteiger partial charge in [0.1, 0.15) is 12.4 Å². The molecule has 0 spiro atoms. The maximum absolute atomic E-state index is 13.5. The topological polar surface area (TPSA) is 94.3 Å². The molecule has 0 aliphatic rings. The van der Waals surface area contributed by atoms with E-state index in [9.17, 15) is 9.18 Å². The number of rotatable bonds is 6. The van der Waals surface area contributed by atoms with E-state index in [0.717, 1.165) is 4.47 Å². The highest BCUT2D eigenvalue weighted by Crippen LogP contribution is 2.19. The summed E-state index contributed by atoms with van der Waals surface area (Å²) in [5, 5.41) is 15.2. The molecule has 0 aliphatic heterocycles. The minimum Gasteiger partial charge on any atom is -0.475 e. The van der Waals surface area contributed by atoms with Crippen LogP contribution in [0.3, 0.4) is 0 Å². The minimum atomic E-state index is -0.372.